The van der Waals surface area contributed by atoms with E-state index in [4.69, 9.17) is 0 Å². The highest BCUT2D eigenvalue weighted by Gasteiger charge is 2.36. The average Bonchev–Trinajstić information content (AvgIpc) is 2.46. The highest BCUT2D eigenvalue weighted by Crippen LogP contribution is 2.32. The number of nitrogens with zero attached hydrogens (tertiary/aromatic N) is 1. The number of benzene rings is 1. The van der Waals surface area contributed by atoms with Gasteiger partial charge < -0.3 is 5.32 Å². The minimum Gasteiger partial charge on any atom is -0.316 e. The Kier molecular flexibility index (Phi) is 4.78. The minimum absolute atomic E-state index is 0.0996. The summed E-state index contributed by atoms with van der Waals surface area (Å²) in [4.78, 5) is -0.931. The predicted octanol–water partition coefficient (Wildman–Crippen LogP) is 2.22. The second kappa shape index (κ2) is 6.13. The molecule has 1 aliphatic rings. The van der Waals surface area contributed by atoms with Crippen LogP contribution in [0.4, 0.5) is 17.6 Å². The van der Waals surface area contributed by atoms with Crippen molar-refractivity contribution in [1.82, 2.24) is 9.62 Å². The number of hydrogen-bond donors (Lipinski definition) is 1. The Balaban J connectivity index is 2.41. The van der Waals surface area contributed by atoms with E-state index in [2.05, 4.69) is 5.32 Å². The molecular formula is C13H16F4N2O2S. The lowest BCUT2D eigenvalue weighted by molar-refractivity contribution is -0.137. The molecule has 22 heavy (non-hydrogen) atoms. The van der Waals surface area contributed by atoms with Crippen molar-refractivity contribution in [3.8, 4) is 0 Å². The number of nitrogens with one attached hydrogen (secondary N) is 1. The first-order chi connectivity index (χ1) is 10.2. The van der Waals surface area contributed by atoms with Gasteiger partial charge in [-0.25, -0.2) is 12.8 Å². The maximum Gasteiger partial charge on any atom is 0.416 e. The Morgan fingerprint density at radius 3 is 2.59 bits per heavy atom. The smallest absolute Gasteiger partial charge is 0.316 e. The topological polar surface area (TPSA) is 49.4 Å². The van der Waals surface area contributed by atoms with E-state index in [9.17, 15) is 26.0 Å². The van der Waals surface area contributed by atoms with Crippen LogP contribution in [0.5, 0.6) is 0 Å². The molecule has 124 valence electrons. The van der Waals surface area contributed by atoms with E-state index in [-0.39, 0.29) is 19.1 Å². The third kappa shape index (κ3) is 3.41. The van der Waals surface area contributed by atoms with Crippen LogP contribution in [0.15, 0.2) is 23.1 Å². The molecule has 1 heterocycles. The van der Waals surface area contributed by atoms with Crippen molar-refractivity contribution in [2.75, 3.05) is 20.1 Å². The molecule has 1 atom stereocenters. The summed E-state index contributed by atoms with van der Waals surface area (Å²) in [6, 6.07) is 1.32. The van der Waals surface area contributed by atoms with Gasteiger partial charge >= 0.3 is 6.18 Å². The number of hydrogen-bond acceptors (Lipinski definition) is 3. The molecule has 1 unspecified atom stereocenters. The molecule has 0 spiro atoms. The zero-order valence-corrected chi connectivity index (χ0v) is 12.6. The van der Waals surface area contributed by atoms with E-state index >= 15 is 0 Å². The van der Waals surface area contributed by atoms with Crippen molar-refractivity contribution in [1.29, 1.82) is 0 Å². The Hall–Kier alpha value is -1.19. The van der Waals surface area contributed by atoms with Crippen molar-refractivity contribution in [3.63, 3.8) is 0 Å². The van der Waals surface area contributed by atoms with Crippen LogP contribution < -0.4 is 5.32 Å². The molecule has 1 aromatic carbocycles. The van der Waals surface area contributed by atoms with Gasteiger partial charge in [-0.05, 0) is 38.1 Å². The Bertz CT molecular complexity index is 646. The zero-order chi connectivity index (χ0) is 16.5. The van der Waals surface area contributed by atoms with Gasteiger partial charge in [0.05, 0.1) is 5.56 Å². The lowest BCUT2D eigenvalue weighted by Gasteiger charge is -2.31. The second-order valence-electron chi connectivity index (χ2n) is 5.13. The van der Waals surface area contributed by atoms with E-state index in [1.54, 1.807) is 7.05 Å². The third-order valence-electron chi connectivity index (χ3n) is 3.67. The lowest BCUT2D eigenvalue weighted by atomic mass is 10.1. The van der Waals surface area contributed by atoms with Gasteiger partial charge in [0.25, 0.3) is 0 Å². The number of alkyl halides is 3. The highest BCUT2D eigenvalue weighted by atomic mass is 32.2. The monoisotopic (exact) mass is 340 g/mol. The van der Waals surface area contributed by atoms with Gasteiger partial charge in [0, 0.05) is 19.1 Å². The first-order valence-electron chi connectivity index (χ1n) is 6.70. The fourth-order valence-electron chi connectivity index (χ4n) is 2.41. The van der Waals surface area contributed by atoms with E-state index in [0.29, 0.717) is 24.6 Å². The minimum atomic E-state index is -4.73. The summed E-state index contributed by atoms with van der Waals surface area (Å²) in [5.74, 6) is -1.18. The van der Waals surface area contributed by atoms with Crippen LogP contribution in [0.3, 0.4) is 0 Å². The Morgan fingerprint density at radius 2 is 2.00 bits per heavy atom. The van der Waals surface area contributed by atoms with E-state index < -0.39 is 32.5 Å². The SMILES string of the molecule is CNC1CCCN(S(=O)(=O)c2cc(C(F)(F)F)ccc2F)C1. The van der Waals surface area contributed by atoms with Crippen molar-refractivity contribution in [2.45, 2.75) is 30.0 Å². The summed E-state index contributed by atoms with van der Waals surface area (Å²) in [6.45, 7) is 0.269. The molecule has 1 N–H and O–H groups in total. The first kappa shape index (κ1) is 17.2. The molecule has 0 radical (unpaired) electrons. The molecule has 1 aliphatic heterocycles. The summed E-state index contributed by atoms with van der Waals surface area (Å²) >= 11 is 0. The molecule has 9 heteroatoms. The summed E-state index contributed by atoms with van der Waals surface area (Å²) in [5.41, 5.74) is -1.19. The quantitative estimate of drug-likeness (QED) is 0.859. The molecule has 2 rings (SSSR count). The van der Waals surface area contributed by atoms with Crippen LogP contribution in [-0.2, 0) is 16.2 Å². The normalized spacial score (nSPS) is 21.0. The Morgan fingerprint density at radius 1 is 1.32 bits per heavy atom. The highest BCUT2D eigenvalue weighted by molar-refractivity contribution is 7.89. The van der Waals surface area contributed by atoms with Crippen LogP contribution in [0.2, 0.25) is 0 Å². The largest absolute Gasteiger partial charge is 0.416 e. The van der Waals surface area contributed by atoms with Crippen molar-refractivity contribution >= 4 is 10.0 Å². The molecule has 0 saturated carbocycles. The molecule has 1 fully saturated rings. The summed E-state index contributed by atoms with van der Waals surface area (Å²) in [6.07, 6.45) is -3.41. The number of sulfonamides is 1. The van der Waals surface area contributed by atoms with Crippen LogP contribution in [0, 0.1) is 5.82 Å². The van der Waals surface area contributed by atoms with Gasteiger partial charge in [-0.15, -0.1) is 0 Å². The number of likely N-dealkylation sites (N-methyl/N-ethyl adjacent to an activating group) is 1. The average molecular weight is 340 g/mol. The maximum atomic E-state index is 13.8. The van der Waals surface area contributed by atoms with E-state index in [1.165, 1.54) is 0 Å². The van der Waals surface area contributed by atoms with Crippen LogP contribution in [-0.4, -0.2) is 38.9 Å². The molecule has 0 bridgehead atoms. The van der Waals surface area contributed by atoms with E-state index in [0.717, 1.165) is 10.7 Å². The van der Waals surface area contributed by atoms with Crippen LogP contribution in [0.1, 0.15) is 18.4 Å². The summed E-state index contributed by atoms with van der Waals surface area (Å²) < 4.78 is 77.8. The standard InChI is InChI=1S/C13H16F4N2O2S/c1-18-10-3-2-6-19(8-10)22(20,21)12-7-9(13(15,16)17)4-5-11(12)14/h4-5,7,10,18H,2-3,6,8H2,1H3. The van der Waals surface area contributed by atoms with Gasteiger partial charge in [0.1, 0.15) is 10.7 Å². The molecule has 1 aromatic rings. The van der Waals surface area contributed by atoms with Crippen LogP contribution in [0.25, 0.3) is 0 Å². The third-order valence-corrected chi connectivity index (χ3v) is 5.55. The number of rotatable bonds is 3. The van der Waals surface area contributed by atoms with Crippen molar-refractivity contribution in [3.05, 3.63) is 29.6 Å². The number of halogens is 4. The molecule has 0 aromatic heterocycles. The fourth-order valence-corrected chi connectivity index (χ4v) is 4.03. The lowest BCUT2D eigenvalue weighted by Crippen LogP contribution is -2.47. The number of piperidine rings is 1. The van der Waals surface area contributed by atoms with Gasteiger partial charge in [-0.2, -0.15) is 17.5 Å². The van der Waals surface area contributed by atoms with Gasteiger partial charge in [-0.1, -0.05) is 0 Å². The fraction of sp³-hybridized carbons (Fsp3) is 0.538. The Labute approximate surface area is 126 Å². The second-order valence-corrected chi connectivity index (χ2v) is 7.04. The van der Waals surface area contributed by atoms with Crippen LogP contribution >= 0.6 is 0 Å². The summed E-state index contributed by atoms with van der Waals surface area (Å²) in [5, 5.41) is 2.93. The van der Waals surface area contributed by atoms with Gasteiger partial charge in [-0.3, -0.25) is 0 Å². The van der Waals surface area contributed by atoms with Crippen molar-refractivity contribution in [2.24, 2.45) is 0 Å². The molecular weight excluding hydrogens is 324 g/mol. The molecule has 0 amide bonds. The van der Waals surface area contributed by atoms with E-state index in [1.807, 2.05) is 0 Å². The van der Waals surface area contributed by atoms with Gasteiger partial charge in [0.2, 0.25) is 10.0 Å². The zero-order valence-electron chi connectivity index (χ0n) is 11.8. The molecule has 1 saturated heterocycles. The first-order valence-corrected chi connectivity index (χ1v) is 8.14. The maximum absolute atomic E-state index is 13.8. The summed E-state index contributed by atoms with van der Waals surface area (Å²) in [7, 11) is -2.63. The molecule has 4 nitrogen and oxygen atoms in total. The molecule has 0 aliphatic carbocycles. The predicted molar refractivity (Wildman–Crippen MR) is 72.2 cm³/mol. The van der Waals surface area contributed by atoms with Crippen molar-refractivity contribution < 1.29 is 26.0 Å². The van der Waals surface area contributed by atoms with Gasteiger partial charge in [0.15, 0.2) is 0 Å².